The predicted octanol–water partition coefficient (Wildman–Crippen LogP) is 1.02. The lowest BCUT2D eigenvalue weighted by Crippen LogP contribution is -2.43. The maximum Gasteiger partial charge on any atom is 0.338 e. The molecule has 0 saturated carbocycles. The molecule has 1 aliphatic heterocycles. The number of carbonyl (C=O) groups excluding carboxylic acids is 2. The molecule has 2 N–H and O–H groups in total. The summed E-state index contributed by atoms with van der Waals surface area (Å²) >= 11 is 0. The number of aliphatic carboxylic acids is 1. The molecule has 118 valence electrons. The fourth-order valence-corrected chi connectivity index (χ4v) is 2.47. The average Bonchev–Trinajstić information content (AvgIpc) is 2.52. The number of rotatable bonds is 4. The Hall–Kier alpha value is -2.57. The molecule has 7 heteroatoms. The number of carboxylic acids is 1. The number of benzene rings is 1. The van der Waals surface area contributed by atoms with Crippen molar-refractivity contribution in [3.63, 3.8) is 0 Å². The molecule has 0 saturated heterocycles. The van der Waals surface area contributed by atoms with E-state index in [1.165, 1.54) is 7.11 Å². The van der Waals surface area contributed by atoms with Crippen LogP contribution >= 0.6 is 0 Å². The van der Waals surface area contributed by atoms with Crippen LogP contribution in [0.5, 0.6) is 0 Å². The summed E-state index contributed by atoms with van der Waals surface area (Å²) in [4.78, 5) is 35.8. The molecule has 0 bridgehead atoms. The minimum atomic E-state index is -0.952. The molecule has 0 aliphatic carbocycles. The first-order valence-corrected chi connectivity index (χ1v) is 6.96. The molecule has 1 aromatic carbocycles. The summed E-state index contributed by atoms with van der Waals surface area (Å²) in [5.74, 6) is -1.33. The zero-order valence-corrected chi connectivity index (χ0v) is 12.3. The summed E-state index contributed by atoms with van der Waals surface area (Å²) in [6.45, 7) is 0.957. The summed E-state index contributed by atoms with van der Waals surface area (Å²) in [5, 5.41) is 11.1. The Balaban J connectivity index is 2.04. The summed E-state index contributed by atoms with van der Waals surface area (Å²) in [5.41, 5.74) is 2.34. The molecule has 2 rings (SSSR count). The molecule has 2 amide bonds. The zero-order chi connectivity index (χ0) is 16.1. The van der Waals surface area contributed by atoms with Crippen LogP contribution in [0.3, 0.4) is 0 Å². The second-order valence-corrected chi connectivity index (χ2v) is 4.98. The van der Waals surface area contributed by atoms with Crippen LogP contribution in [-0.4, -0.2) is 48.2 Å². The first kappa shape index (κ1) is 15.8. The van der Waals surface area contributed by atoms with Gasteiger partial charge in [-0.05, 0) is 23.6 Å². The van der Waals surface area contributed by atoms with Crippen molar-refractivity contribution in [3.05, 3.63) is 34.9 Å². The number of methoxy groups -OCH3 is 1. The first-order chi connectivity index (χ1) is 10.5. The standard InChI is InChI=1S/C15H18N2O5/c1-22-14(20)12-4-2-3-10-9-17(8-6-11(10)12)15(21)16-7-5-13(18)19/h2-4H,5-9H2,1H3,(H,16,21)(H,18,19). The SMILES string of the molecule is COC(=O)c1cccc2c1CCN(C(=O)NCCC(=O)O)C2. The van der Waals surface area contributed by atoms with E-state index in [-0.39, 0.29) is 25.0 Å². The van der Waals surface area contributed by atoms with E-state index in [2.05, 4.69) is 5.32 Å². The highest BCUT2D eigenvalue weighted by atomic mass is 16.5. The maximum atomic E-state index is 12.0. The van der Waals surface area contributed by atoms with Gasteiger partial charge in [-0.25, -0.2) is 9.59 Å². The fourth-order valence-electron chi connectivity index (χ4n) is 2.47. The molecule has 0 fully saturated rings. The molecule has 1 aromatic rings. The monoisotopic (exact) mass is 306 g/mol. The number of esters is 1. The van der Waals surface area contributed by atoms with Gasteiger partial charge >= 0.3 is 18.0 Å². The van der Waals surface area contributed by atoms with Crippen molar-refractivity contribution in [3.8, 4) is 0 Å². The highest BCUT2D eigenvalue weighted by Gasteiger charge is 2.24. The molecule has 7 nitrogen and oxygen atoms in total. The molecule has 0 spiro atoms. The van der Waals surface area contributed by atoms with Crippen LogP contribution in [-0.2, 0) is 22.5 Å². The number of carbonyl (C=O) groups is 3. The molecular formula is C15H18N2O5. The lowest BCUT2D eigenvalue weighted by atomic mass is 9.94. The molecule has 0 radical (unpaired) electrons. The van der Waals surface area contributed by atoms with Gasteiger partial charge in [0.2, 0.25) is 0 Å². The topological polar surface area (TPSA) is 95.9 Å². The van der Waals surface area contributed by atoms with Gasteiger partial charge in [-0.2, -0.15) is 0 Å². The number of carboxylic acid groups (broad SMARTS) is 1. The molecule has 1 aliphatic rings. The maximum absolute atomic E-state index is 12.0. The third-order valence-electron chi connectivity index (χ3n) is 3.57. The molecule has 0 unspecified atom stereocenters. The van der Waals surface area contributed by atoms with Crippen molar-refractivity contribution in [2.45, 2.75) is 19.4 Å². The fraction of sp³-hybridized carbons (Fsp3) is 0.400. The Morgan fingerprint density at radius 3 is 2.82 bits per heavy atom. The van der Waals surface area contributed by atoms with Gasteiger partial charge in [0.15, 0.2) is 0 Å². The van der Waals surface area contributed by atoms with Crippen LogP contribution in [0.25, 0.3) is 0 Å². The van der Waals surface area contributed by atoms with Gasteiger partial charge in [0.1, 0.15) is 0 Å². The second kappa shape index (κ2) is 6.93. The number of nitrogens with zero attached hydrogens (tertiary/aromatic N) is 1. The van der Waals surface area contributed by atoms with Gasteiger partial charge < -0.3 is 20.1 Å². The first-order valence-electron chi connectivity index (χ1n) is 6.96. The van der Waals surface area contributed by atoms with Crippen molar-refractivity contribution in [2.75, 3.05) is 20.2 Å². The van der Waals surface area contributed by atoms with Crippen LogP contribution in [0.1, 0.15) is 27.9 Å². The van der Waals surface area contributed by atoms with Crippen molar-refractivity contribution in [1.82, 2.24) is 10.2 Å². The Bertz CT molecular complexity index is 600. The van der Waals surface area contributed by atoms with Gasteiger partial charge in [-0.3, -0.25) is 4.79 Å². The van der Waals surface area contributed by atoms with E-state index in [1.54, 1.807) is 17.0 Å². The van der Waals surface area contributed by atoms with E-state index in [9.17, 15) is 14.4 Å². The van der Waals surface area contributed by atoms with Gasteiger partial charge in [0.25, 0.3) is 0 Å². The van der Waals surface area contributed by atoms with E-state index < -0.39 is 5.97 Å². The molecule has 0 aromatic heterocycles. The van der Waals surface area contributed by atoms with Gasteiger partial charge in [-0.1, -0.05) is 12.1 Å². The predicted molar refractivity (Wildman–Crippen MR) is 77.5 cm³/mol. The minimum Gasteiger partial charge on any atom is -0.481 e. The van der Waals surface area contributed by atoms with Crippen molar-refractivity contribution < 1.29 is 24.2 Å². The molecule has 22 heavy (non-hydrogen) atoms. The van der Waals surface area contributed by atoms with E-state index in [0.29, 0.717) is 25.1 Å². The number of hydrogen-bond donors (Lipinski definition) is 2. The lowest BCUT2D eigenvalue weighted by Gasteiger charge is -2.29. The normalized spacial score (nSPS) is 13.2. The van der Waals surface area contributed by atoms with Crippen molar-refractivity contribution in [2.24, 2.45) is 0 Å². The van der Waals surface area contributed by atoms with E-state index >= 15 is 0 Å². The summed E-state index contributed by atoms with van der Waals surface area (Å²) in [6.07, 6.45) is 0.454. The van der Waals surface area contributed by atoms with Gasteiger partial charge in [0, 0.05) is 19.6 Å². The molecule has 0 atom stereocenters. The summed E-state index contributed by atoms with van der Waals surface area (Å²) < 4.78 is 4.76. The second-order valence-electron chi connectivity index (χ2n) is 4.98. The zero-order valence-electron chi connectivity index (χ0n) is 12.3. The Labute approximate surface area is 127 Å². The van der Waals surface area contributed by atoms with Gasteiger partial charge in [0.05, 0.1) is 19.1 Å². The third kappa shape index (κ3) is 3.55. The Morgan fingerprint density at radius 1 is 1.36 bits per heavy atom. The minimum absolute atomic E-state index is 0.0969. The van der Waals surface area contributed by atoms with Crippen LogP contribution in [0, 0.1) is 0 Å². The van der Waals surface area contributed by atoms with Crippen molar-refractivity contribution >= 4 is 18.0 Å². The van der Waals surface area contributed by atoms with Crippen LogP contribution in [0.4, 0.5) is 4.79 Å². The Morgan fingerprint density at radius 2 is 2.14 bits per heavy atom. The number of hydrogen-bond acceptors (Lipinski definition) is 4. The number of amides is 2. The third-order valence-corrected chi connectivity index (χ3v) is 3.57. The number of urea groups is 1. The molecule has 1 heterocycles. The summed E-state index contributed by atoms with van der Waals surface area (Å²) in [7, 11) is 1.34. The van der Waals surface area contributed by atoms with Crippen LogP contribution in [0.2, 0.25) is 0 Å². The van der Waals surface area contributed by atoms with Crippen molar-refractivity contribution in [1.29, 1.82) is 0 Å². The largest absolute Gasteiger partial charge is 0.481 e. The van der Waals surface area contributed by atoms with Crippen LogP contribution in [0.15, 0.2) is 18.2 Å². The van der Waals surface area contributed by atoms with E-state index in [0.717, 1.165) is 11.1 Å². The smallest absolute Gasteiger partial charge is 0.338 e. The van der Waals surface area contributed by atoms with E-state index in [4.69, 9.17) is 9.84 Å². The quantitative estimate of drug-likeness (QED) is 0.810. The summed E-state index contributed by atoms with van der Waals surface area (Å²) in [6, 6.07) is 5.05. The lowest BCUT2D eigenvalue weighted by molar-refractivity contribution is -0.136. The highest BCUT2D eigenvalue weighted by Crippen LogP contribution is 2.23. The number of fused-ring (bicyclic) bond motifs is 1. The number of nitrogens with one attached hydrogen (secondary N) is 1. The van der Waals surface area contributed by atoms with E-state index in [1.807, 2.05) is 6.07 Å². The average molecular weight is 306 g/mol. The van der Waals surface area contributed by atoms with Gasteiger partial charge in [-0.15, -0.1) is 0 Å². The molecular weight excluding hydrogens is 288 g/mol. The number of ether oxygens (including phenoxy) is 1. The highest BCUT2D eigenvalue weighted by molar-refractivity contribution is 5.91. The Kier molecular flexibility index (Phi) is 4.98. The van der Waals surface area contributed by atoms with Crippen LogP contribution < -0.4 is 5.32 Å².